The summed E-state index contributed by atoms with van der Waals surface area (Å²) >= 11 is 0. The monoisotopic (exact) mass is 397 g/mol. The molecule has 7 heteroatoms. The van der Waals surface area contributed by atoms with Crippen molar-refractivity contribution in [2.75, 3.05) is 5.32 Å². The van der Waals surface area contributed by atoms with E-state index < -0.39 is 0 Å². The largest absolute Gasteiger partial charge is 0.487 e. The molecule has 0 saturated carbocycles. The Morgan fingerprint density at radius 2 is 1.97 bits per heavy atom. The normalized spacial score (nSPS) is 11.1. The molecular weight excluding hydrogens is 378 g/mol. The van der Waals surface area contributed by atoms with Gasteiger partial charge in [0.15, 0.2) is 0 Å². The van der Waals surface area contributed by atoms with Crippen LogP contribution in [0.4, 0.5) is 5.69 Å². The van der Waals surface area contributed by atoms with E-state index in [0.29, 0.717) is 23.6 Å². The van der Waals surface area contributed by atoms with Gasteiger partial charge in [-0.05, 0) is 48.9 Å². The third-order valence-corrected chi connectivity index (χ3v) is 4.88. The van der Waals surface area contributed by atoms with Crippen LogP contribution in [0.25, 0.3) is 16.6 Å². The molecule has 2 aromatic carbocycles. The molecule has 2 N–H and O–H groups in total. The zero-order valence-electron chi connectivity index (χ0n) is 16.3. The number of fused-ring (bicyclic) bond motifs is 2. The Bertz CT molecular complexity index is 1350. The van der Waals surface area contributed by atoms with Crippen LogP contribution >= 0.6 is 0 Å². The number of ether oxygens (including phenoxy) is 1. The molecule has 0 aliphatic rings. The van der Waals surface area contributed by atoms with E-state index in [2.05, 4.69) is 20.5 Å². The molecule has 0 radical (unpaired) electrons. The number of nitrogens with zero attached hydrogens (tertiary/aromatic N) is 3. The second-order valence-electron chi connectivity index (χ2n) is 7.11. The molecular formula is C23H19N5O2. The number of carbonyl (C=O) groups excluding carboxylic acids is 1. The summed E-state index contributed by atoms with van der Waals surface area (Å²) in [7, 11) is 0. The minimum Gasteiger partial charge on any atom is -0.487 e. The van der Waals surface area contributed by atoms with Gasteiger partial charge in [-0.3, -0.25) is 9.89 Å². The molecule has 0 bridgehead atoms. The lowest BCUT2D eigenvalue weighted by atomic mass is 10.2. The van der Waals surface area contributed by atoms with E-state index in [9.17, 15) is 4.79 Å². The van der Waals surface area contributed by atoms with Crippen molar-refractivity contribution in [1.82, 2.24) is 19.6 Å². The van der Waals surface area contributed by atoms with Gasteiger partial charge in [-0.1, -0.05) is 18.2 Å². The zero-order chi connectivity index (χ0) is 20.5. The van der Waals surface area contributed by atoms with Crippen molar-refractivity contribution in [2.24, 2.45) is 0 Å². The van der Waals surface area contributed by atoms with Gasteiger partial charge in [-0.25, -0.2) is 4.98 Å². The molecule has 0 saturated heterocycles. The lowest BCUT2D eigenvalue weighted by Gasteiger charge is -2.08. The molecule has 148 valence electrons. The fourth-order valence-electron chi connectivity index (χ4n) is 3.35. The number of imidazole rings is 1. The van der Waals surface area contributed by atoms with Crippen LogP contribution in [0.2, 0.25) is 0 Å². The molecule has 7 nitrogen and oxygen atoms in total. The SMILES string of the molecule is Cc1ccc2nc(COc3ccc(C(=O)Nc4cccc5cn[nH]c45)cc3)cn2c1. The standard InChI is InChI=1S/C23H19N5O2/c1-15-5-10-21-25-18(13-28(21)12-15)14-30-19-8-6-16(7-9-19)23(29)26-20-4-2-3-17-11-24-27-22(17)20/h2-13H,14H2,1H3,(H,24,27)(H,26,29). The van der Waals surface area contributed by atoms with E-state index in [1.54, 1.807) is 30.5 Å². The summed E-state index contributed by atoms with van der Waals surface area (Å²) in [5.74, 6) is 0.481. The molecule has 1 amide bonds. The number of aryl methyl sites for hydroxylation is 1. The molecule has 0 aliphatic carbocycles. The van der Waals surface area contributed by atoms with Crippen molar-refractivity contribution in [3.63, 3.8) is 0 Å². The Morgan fingerprint density at radius 1 is 1.10 bits per heavy atom. The number of amides is 1. The molecule has 0 spiro atoms. The summed E-state index contributed by atoms with van der Waals surface area (Å²) in [5.41, 5.74) is 4.94. The number of aromatic amines is 1. The first kappa shape index (κ1) is 17.9. The number of benzene rings is 2. The van der Waals surface area contributed by atoms with E-state index in [-0.39, 0.29) is 5.91 Å². The molecule has 0 atom stereocenters. The van der Waals surface area contributed by atoms with E-state index in [1.807, 2.05) is 54.0 Å². The summed E-state index contributed by atoms with van der Waals surface area (Å²) in [6, 6.07) is 16.7. The van der Waals surface area contributed by atoms with Crippen LogP contribution in [0.1, 0.15) is 21.6 Å². The number of rotatable bonds is 5. The number of hydrogen-bond donors (Lipinski definition) is 2. The summed E-state index contributed by atoms with van der Waals surface area (Å²) in [6.45, 7) is 2.40. The van der Waals surface area contributed by atoms with Crippen LogP contribution in [0.5, 0.6) is 5.75 Å². The van der Waals surface area contributed by atoms with Gasteiger partial charge in [0.2, 0.25) is 0 Å². The first-order chi connectivity index (χ1) is 14.7. The van der Waals surface area contributed by atoms with Crippen molar-refractivity contribution in [3.05, 3.63) is 90.0 Å². The number of hydrogen-bond acceptors (Lipinski definition) is 4. The van der Waals surface area contributed by atoms with Crippen LogP contribution in [0, 0.1) is 6.92 Å². The van der Waals surface area contributed by atoms with Crippen LogP contribution in [0.3, 0.4) is 0 Å². The number of para-hydroxylation sites is 1. The summed E-state index contributed by atoms with van der Waals surface area (Å²) in [4.78, 5) is 17.1. The maximum Gasteiger partial charge on any atom is 0.255 e. The van der Waals surface area contributed by atoms with Crippen molar-refractivity contribution in [2.45, 2.75) is 13.5 Å². The summed E-state index contributed by atoms with van der Waals surface area (Å²) < 4.78 is 7.82. The minimum atomic E-state index is -0.195. The smallest absolute Gasteiger partial charge is 0.255 e. The maximum atomic E-state index is 12.6. The van der Waals surface area contributed by atoms with Crippen molar-refractivity contribution in [3.8, 4) is 5.75 Å². The Morgan fingerprint density at radius 3 is 2.83 bits per heavy atom. The van der Waals surface area contributed by atoms with Crippen LogP contribution in [-0.2, 0) is 6.61 Å². The van der Waals surface area contributed by atoms with Gasteiger partial charge < -0.3 is 14.5 Å². The van der Waals surface area contributed by atoms with E-state index >= 15 is 0 Å². The van der Waals surface area contributed by atoms with Gasteiger partial charge in [0.05, 0.1) is 23.1 Å². The number of aromatic nitrogens is 4. The Kier molecular flexibility index (Phi) is 4.40. The third-order valence-electron chi connectivity index (χ3n) is 4.88. The summed E-state index contributed by atoms with van der Waals surface area (Å²) in [5, 5.41) is 10.8. The Balaban J connectivity index is 1.25. The van der Waals surface area contributed by atoms with E-state index in [4.69, 9.17) is 4.74 Å². The molecule has 5 rings (SSSR count). The molecule has 0 fully saturated rings. The Hall–Kier alpha value is -4.13. The van der Waals surface area contributed by atoms with Gasteiger partial charge in [-0.2, -0.15) is 5.10 Å². The predicted molar refractivity (Wildman–Crippen MR) is 115 cm³/mol. The predicted octanol–water partition coefficient (Wildman–Crippen LogP) is 4.35. The fourth-order valence-corrected chi connectivity index (χ4v) is 3.35. The minimum absolute atomic E-state index is 0.195. The van der Waals surface area contributed by atoms with Crippen molar-refractivity contribution in [1.29, 1.82) is 0 Å². The van der Waals surface area contributed by atoms with Gasteiger partial charge in [0, 0.05) is 23.3 Å². The molecule has 0 unspecified atom stereocenters. The van der Waals surface area contributed by atoms with E-state index in [1.165, 1.54) is 5.56 Å². The number of H-pyrrole nitrogens is 1. The topological polar surface area (TPSA) is 84.3 Å². The quantitative estimate of drug-likeness (QED) is 0.462. The first-order valence-electron chi connectivity index (χ1n) is 9.56. The molecule has 0 aliphatic heterocycles. The number of nitrogens with one attached hydrogen (secondary N) is 2. The molecule has 3 heterocycles. The van der Waals surface area contributed by atoms with Gasteiger partial charge >= 0.3 is 0 Å². The highest BCUT2D eigenvalue weighted by molar-refractivity contribution is 6.08. The highest BCUT2D eigenvalue weighted by Gasteiger charge is 2.10. The average molecular weight is 397 g/mol. The van der Waals surface area contributed by atoms with Gasteiger partial charge in [0.25, 0.3) is 5.91 Å². The van der Waals surface area contributed by atoms with Crippen LogP contribution in [-0.4, -0.2) is 25.5 Å². The highest BCUT2D eigenvalue weighted by Crippen LogP contribution is 2.22. The van der Waals surface area contributed by atoms with Gasteiger partial charge in [0.1, 0.15) is 18.0 Å². The van der Waals surface area contributed by atoms with Crippen LogP contribution < -0.4 is 10.1 Å². The maximum absolute atomic E-state index is 12.6. The lowest BCUT2D eigenvalue weighted by Crippen LogP contribution is -2.12. The molecule has 3 aromatic heterocycles. The average Bonchev–Trinajstić information content (AvgIpc) is 3.39. The number of pyridine rings is 1. The molecule has 30 heavy (non-hydrogen) atoms. The second kappa shape index (κ2) is 7.36. The lowest BCUT2D eigenvalue weighted by molar-refractivity contribution is 0.102. The third kappa shape index (κ3) is 3.48. The second-order valence-corrected chi connectivity index (χ2v) is 7.11. The number of anilines is 1. The molecule has 5 aromatic rings. The van der Waals surface area contributed by atoms with Crippen molar-refractivity contribution >= 4 is 28.1 Å². The van der Waals surface area contributed by atoms with Crippen LogP contribution in [0.15, 0.2) is 73.2 Å². The summed E-state index contributed by atoms with van der Waals surface area (Å²) in [6.07, 6.45) is 5.71. The fraction of sp³-hybridized carbons (Fsp3) is 0.0870. The number of carbonyl (C=O) groups is 1. The highest BCUT2D eigenvalue weighted by atomic mass is 16.5. The first-order valence-corrected chi connectivity index (χ1v) is 9.56. The Labute approximate surface area is 172 Å². The van der Waals surface area contributed by atoms with Gasteiger partial charge in [-0.15, -0.1) is 0 Å². The van der Waals surface area contributed by atoms with Crippen molar-refractivity contribution < 1.29 is 9.53 Å². The van der Waals surface area contributed by atoms with E-state index in [0.717, 1.165) is 22.2 Å². The zero-order valence-corrected chi connectivity index (χ0v) is 16.3.